The fourth-order valence-corrected chi connectivity index (χ4v) is 2.75. The van der Waals surface area contributed by atoms with Crippen LogP contribution in [0.25, 0.3) is 10.2 Å². The van der Waals surface area contributed by atoms with Crippen LogP contribution in [-0.2, 0) is 0 Å². The SMILES string of the molecule is CC(C)c1c(C#N)c(F)cc2nc(N)sc12. The Hall–Kier alpha value is -1.67. The second-order valence-electron chi connectivity index (χ2n) is 3.81. The van der Waals surface area contributed by atoms with Gasteiger partial charge in [0.15, 0.2) is 5.13 Å². The molecule has 0 aliphatic carbocycles. The summed E-state index contributed by atoms with van der Waals surface area (Å²) >= 11 is 1.29. The maximum Gasteiger partial charge on any atom is 0.181 e. The van der Waals surface area contributed by atoms with Gasteiger partial charge in [-0.25, -0.2) is 9.37 Å². The lowest BCUT2D eigenvalue weighted by molar-refractivity contribution is 0.621. The van der Waals surface area contributed by atoms with Crippen LogP contribution in [-0.4, -0.2) is 4.98 Å². The van der Waals surface area contributed by atoms with Crippen LogP contribution in [0.5, 0.6) is 0 Å². The highest BCUT2D eigenvalue weighted by atomic mass is 32.1. The third-order valence-corrected chi connectivity index (χ3v) is 3.31. The number of anilines is 1. The number of thiazole rings is 1. The van der Waals surface area contributed by atoms with Gasteiger partial charge in [0.1, 0.15) is 11.9 Å². The van der Waals surface area contributed by atoms with Gasteiger partial charge in [-0.2, -0.15) is 5.26 Å². The number of fused-ring (bicyclic) bond motifs is 1. The van der Waals surface area contributed by atoms with Crippen molar-refractivity contribution < 1.29 is 4.39 Å². The van der Waals surface area contributed by atoms with Crippen LogP contribution in [0.2, 0.25) is 0 Å². The quantitative estimate of drug-likeness (QED) is 0.826. The van der Waals surface area contributed by atoms with Crippen LogP contribution in [0.3, 0.4) is 0 Å². The molecule has 0 amide bonds. The molecule has 0 bridgehead atoms. The van der Waals surface area contributed by atoms with Crippen LogP contribution >= 0.6 is 11.3 Å². The normalized spacial score (nSPS) is 10.9. The molecule has 2 aromatic rings. The van der Waals surface area contributed by atoms with Gasteiger partial charge in [0.2, 0.25) is 0 Å². The van der Waals surface area contributed by atoms with Crippen LogP contribution in [0.1, 0.15) is 30.9 Å². The van der Waals surface area contributed by atoms with Gasteiger partial charge >= 0.3 is 0 Å². The molecule has 3 nitrogen and oxygen atoms in total. The number of aromatic nitrogens is 1. The molecule has 16 heavy (non-hydrogen) atoms. The van der Waals surface area contributed by atoms with Gasteiger partial charge in [0.25, 0.3) is 0 Å². The number of nitrogens with two attached hydrogens (primary N) is 1. The van der Waals surface area contributed by atoms with E-state index < -0.39 is 5.82 Å². The van der Waals surface area contributed by atoms with Crippen LogP contribution < -0.4 is 5.73 Å². The average molecular weight is 235 g/mol. The maximum absolute atomic E-state index is 13.7. The highest BCUT2D eigenvalue weighted by Crippen LogP contribution is 2.35. The molecule has 2 N–H and O–H groups in total. The molecule has 0 radical (unpaired) electrons. The monoisotopic (exact) mass is 235 g/mol. The largest absolute Gasteiger partial charge is 0.375 e. The van der Waals surface area contributed by atoms with Crippen molar-refractivity contribution in [2.75, 3.05) is 5.73 Å². The van der Waals surface area contributed by atoms with Crippen molar-refractivity contribution in [1.82, 2.24) is 4.98 Å². The second kappa shape index (κ2) is 3.72. The Labute approximate surface area is 96.3 Å². The van der Waals surface area contributed by atoms with Gasteiger partial charge in [-0.15, -0.1) is 0 Å². The summed E-state index contributed by atoms with van der Waals surface area (Å²) in [6.45, 7) is 3.84. The highest BCUT2D eigenvalue weighted by Gasteiger charge is 2.18. The number of rotatable bonds is 1. The Morgan fingerprint density at radius 1 is 1.56 bits per heavy atom. The Kier molecular flexibility index (Phi) is 2.52. The van der Waals surface area contributed by atoms with Gasteiger partial charge in [0, 0.05) is 6.07 Å². The van der Waals surface area contributed by atoms with Crippen molar-refractivity contribution in [2.45, 2.75) is 19.8 Å². The lowest BCUT2D eigenvalue weighted by Crippen LogP contribution is -1.97. The van der Waals surface area contributed by atoms with Crippen molar-refractivity contribution in [1.29, 1.82) is 5.26 Å². The molecule has 0 fully saturated rings. The molecule has 5 heteroatoms. The van der Waals surface area contributed by atoms with Crippen LogP contribution in [0, 0.1) is 17.1 Å². The molecule has 82 valence electrons. The van der Waals surface area contributed by atoms with Gasteiger partial charge < -0.3 is 5.73 Å². The zero-order valence-electron chi connectivity index (χ0n) is 8.91. The summed E-state index contributed by atoms with van der Waals surface area (Å²) in [4.78, 5) is 4.04. The van der Waals surface area contributed by atoms with Crippen LogP contribution in [0.15, 0.2) is 6.07 Å². The summed E-state index contributed by atoms with van der Waals surface area (Å²) in [5.74, 6) is -0.461. The molecular weight excluding hydrogens is 225 g/mol. The first-order valence-corrected chi connectivity index (χ1v) is 5.64. The van der Waals surface area contributed by atoms with Crippen molar-refractivity contribution in [2.24, 2.45) is 0 Å². The minimum Gasteiger partial charge on any atom is -0.375 e. The first-order chi connectivity index (χ1) is 7.54. The molecule has 1 aromatic carbocycles. The van der Waals surface area contributed by atoms with Gasteiger partial charge in [-0.3, -0.25) is 0 Å². The molecule has 2 rings (SSSR count). The van der Waals surface area contributed by atoms with E-state index in [-0.39, 0.29) is 11.5 Å². The zero-order valence-corrected chi connectivity index (χ0v) is 9.73. The first-order valence-electron chi connectivity index (χ1n) is 4.83. The standard InChI is InChI=1S/C11H10FN3S/c1-5(2)9-6(4-13)7(12)3-8-10(9)16-11(14)15-8/h3,5H,1-2H3,(H2,14,15). The number of hydrogen-bond donors (Lipinski definition) is 1. The third-order valence-electron chi connectivity index (χ3n) is 2.38. The third kappa shape index (κ3) is 1.51. The van der Waals surface area contributed by atoms with Gasteiger partial charge in [-0.05, 0) is 11.5 Å². The lowest BCUT2D eigenvalue weighted by Gasteiger charge is -2.09. The van der Waals surface area contributed by atoms with Crippen molar-refractivity contribution in [3.05, 3.63) is 23.0 Å². The molecular formula is C11H10FN3S. The first kappa shape index (κ1) is 10.8. The number of nitrogens with zero attached hydrogens (tertiary/aromatic N) is 2. The number of benzene rings is 1. The minimum absolute atomic E-state index is 0.0627. The van der Waals surface area contributed by atoms with E-state index in [0.29, 0.717) is 16.2 Å². The predicted octanol–water partition coefficient (Wildman–Crippen LogP) is 3.01. The fourth-order valence-electron chi connectivity index (χ4n) is 1.74. The summed E-state index contributed by atoms with van der Waals surface area (Å²) in [7, 11) is 0. The number of hydrogen-bond acceptors (Lipinski definition) is 4. The van der Waals surface area contributed by atoms with E-state index in [1.165, 1.54) is 17.4 Å². The van der Waals surface area contributed by atoms with E-state index in [1.807, 2.05) is 19.9 Å². The number of halogens is 1. The minimum atomic E-state index is -0.524. The maximum atomic E-state index is 13.7. The van der Waals surface area contributed by atoms with E-state index >= 15 is 0 Å². The van der Waals surface area contributed by atoms with E-state index in [0.717, 1.165) is 4.70 Å². The molecule has 0 aliphatic rings. The summed E-state index contributed by atoms with van der Waals surface area (Å²) in [6.07, 6.45) is 0. The summed E-state index contributed by atoms with van der Waals surface area (Å²) < 4.78 is 14.5. The molecule has 1 aromatic heterocycles. The topological polar surface area (TPSA) is 62.7 Å². The Morgan fingerprint density at radius 2 is 2.25 bits per heavy atom. The summed E-state index contributed by atoms with van der Waals surface area (Å²) in [6, 6.07) is 3.18. The second-order valence-corrected chi connectivity index (χ2v) is 4.84. The highest BCUT2D eigenvalue weighted by molar-refractivity contribution is 7.22. The number of nitrogen functional groups attached to an aromatic ring is 1. The Bertz CT molecular complexity index is 595. The fraction of sp³-hybridized carbons (Fsp3) is 0.273. The smallest absolute Gasteiger partial charge is 0.181 e. The zero-order chi connectivity index (χ0) is 11.9. The van der Waals surface area contributed by atoms with E-state index in [4.69, 9.17) is 11.0 Å². The van der Waals surface area contributed by atoms with E-state index in [2.05, 4.69) is 4.98 Å². The van der Waals surface area contributed by atoms with Crippen molar-refractivity contribution >= 4 is 26.7 Å². The summed E-state index contributed by atoms with van der Waals surface area (Å²) in [5, 5.41) is 9.37. The Balaban J connectivity index is 2.93. The Morgan fingerprint density at radius 3 is 2.81 bits per heavy atom. The van der Waals surface area contributed by atoms with Crippen molar-refractivity contribution in [3.63, 3.8) is 0 Å². The average Bonchev–Trinajstić information content (AvgIpc) is 2.55. The molecule has 0 aliphatic heterocycles. The molecule has 0 spiro atoms. The van der Waals surface area contributed by atoms with Crippen molar-refractivity contribution in [3.8, 4) is 6.07 Å². The summed E-state index contributed by atoms with van der Waals surface area (Å²) in [5.41, 5.74) is 6.94. The molecule has 1 heterocycles. The van der Waals surface area contributed by atoms with Gasteiger partial charge in [0.05, 0.1) is 15.8 Å². The molecule has 0 atom stereocenters. The lowest BCUT2D eigenvalue weighted by atomic mass is 9.97. The predicted molar refractivity (Wildman–Crippen MR) is 62.8 cm³/mol. The number of nitriles is 1. The van der Waals surface area contributed by atoms with Gasteiger partial charge in [-0.1, -0.05) is 25.2 Å². The molecule has 0 unspecified atom stereocenters. The molecule has 0 saturated carbocycles. The van der Waals surface area contributed by atoms with E-state index in [9.17, 15) is 4.39 Å². The van der Waals surface area contributed by atoms with E-state index in [1.54, 1.807) is 0 Å². The molecule has 0 saturated heterocycles. The van der Waals surface area contributed by atoms with Crippen LogP contribution in [0.4, 0.5) is 9.52 Å².